The highest BCUT2D eigenvalue weighted by Gasteiger charge is 2.03. The number of carbonyl (C=O) groups is 1. The molecule has 0 unspecified atom stereocenters. The fourth-order valence-corrected chi connectivity index (χ4v) is 2.02. The molecule has 0 radical (unpaired) electrons. The summed E-state index contributed by atoms with van der Waals surface area (Å²) in [5.74, 6) is 0.451. The molecular formula is C17H18FNO2. The van der Waals surface area contributed by atoms with Crippen LogP contribution in [0.1, 0.15) is 11.1 Å². The number of amides is 1. The summed E-state index contributed by atoms with van der Waals surface area (Å²) in [4.78, 5) is 11.8. The number of hydrogen-bond donors (Lipinski definition) is 1. The van der Waals surface area contributed by atoms with Gasteiger partial charge in [-0.1, -0.05) is 24.3 Å². The van der Waals surface area contributed by atoms with Gasteiger partial charge in [-0.2, -0.15) is 0 Å². The second-order valence-corrected chi connectivity index (χ2v) is 4.75. The van der Waals surface area contributed by atoms with Gasteiger partial charge in [0.2, 0.25) is 5.91 Å². The molecule has 21 heavy (non-hydrogen) atoms. The fourth-order valence-electron chi connectivity index (χ4n) is 2.02. The van der Waals surface area contributed by atoms with Gasteiger partial charge in [-0.15, -0.1) is 0 Å². The minimum Gasteiger partial charge on any atom is -0.497 e. The number of rotatable bonds is 6. The molecule has 0 fully saturated rings. The lowest BCUT2D eigenvalue weighted by atomic mass is 10.1. The van der Waals surface area contributed by atoms with E-state index >= 15 is 0 Å². The van der Waals surface area contributed by atoms with Gasteiger partial charge in [0.1, 0.15) is 11.6 Å². The van der Waals surface area contributed by atoms with Crippen LogP contribution in [0.15, 0.2) is 48.5 Å². The number of ether oxygens (including phenoxy) is 1. The number of nitrogens with one attached hydrogen (secondary N) is 1. The summed E-state index contributed by atoms with van der Waals surface area (Å²) in [5, 5.41) is 2.86. The van der Waals surface area contributed by atoms with Crippen LogP contribution in [0.2, 0.25) is 0 Å². The summed E-state index contributed by atoms with van der Waals surface area (Å²) >= 11 is 0. The van der Waals surface area contributed by atoms with E-state index in [-0.39, 0.29) is 18.1 Å². The van der Waals surface area contributed by atoms with Crippen molar-refractivity contribution in [3.63, 3.8) is 0 Å². The number of hydrogen-bond acceptors (Lipinski definition) is 2. The molecule has 2 aromatic rings. The summed E-state index contributed by atoms with van der Waals surface area (Å²) in [5.41, 5.74) is 1.91. The Labute approximate surface area is 123 Å². The molecular weight excluding hydrogens is 269 g/mol. The highest BCUT2D eigenvalue weighted by atomic mass is 19.1. The summed E-state index contributed by atoms with van der Waals surface area (Å²) in [6.45, 7) is 0.563. The maximum atomic E-state index is 12.8. The molecule has 0 aliphatic heterocycles. The first-order valence-electron chi connectivity index (χ1n) is 6.81. The first-order chi connectivity index (χ1) is 10.2. The Kier molecular flexibility index (Phi) is 5.32. The van der Waals surface area contributed by atoms with E-state index in [0.29, 0.717) is 6.54 Å². The summed E-state index contributed by atoms with van der Waals surface area (Å²) in [7, 11) is 1.63. The molecule has 110 valence electrons. The Morgan fingerprint density at radius 1 is 1.14 bits per heavy atom. The van der Waals surface area contributed by atoms with Crippen LogP contribution in [-0.2, 0) is 17.6 Å². The van der Waals surface area contributed by atoms with E-state index in [9.17, 15) is 9.18 Å². The minimum atomic E-state index is -0.294. The molecule has 3 nitrogen and oxygen atoms in total. The van der Waals surface area contributed by atoms with Gasteiger partial charge in [0.25, 0.3) is 0 Å². The second kappa shape index (κ2) is 7.43. The highest BCUT2D eigenvalue weighted by Crippen LogP contribution is 2.12. The summed E-state index contributed by atoms with van der Waals surface area (Å²) in [6, 6.07) is 13.7. The van der Waals surface area contributed by atoms with Crippen LogP contribution in [0.4, 0.5) is 4.39 Å². The van der Waals surface area contributed by atoms with Gasteiger partial charge in [0, 0.05) is 6.54 Å². The van der Waals surface area contributed by atoms with Crippen LogP contribution in [-0.4, -0.2) is 19.6 Å². The topological polar surface area (TPSA) is 38.3 Å². The highest BCUT2D eigenvalue weighted by molar-refractivity contribution is 5.78. The van der Waals surface area contributed by atoms with Crippen molar-refractivity contribution in [3.05, 3.63) is 65.5 Å². The molecule has 0 bridgehead atoms. The van der Waals surface area contributed by atoms with Crippen LogP contribution < -0.4 is 10.1 Å². The fraction of sp³-hybridized carbons (Fsp3) is 0.235. The van der Waals surface area contributed by atoms with Crippen molar-refractivity contribution >= 4 is 5.91 Å². The first kappa shape index (κ1) is 15.0. The maximum Gasteiger partial charge on any atom is 0.224 e. The molecule has 1 N–H and O–H groups in total. The van der Waals surface area contributed by atoms with Crippen LogP contribution in [0.3, 0.4) is 0 Å². The average Bonchev–Trinajstić information content (AvgIpc) is 2.50. The monoisotopic (exact) mass is 287 g/mol. The van der Waals surface area contributed by atoms with Crippen molar-refractivity contribution in [2.75, 3.05) is 13.7 Å². The van der Waals surface area contributed by atoms with E-state index < -0.39 is 0 Å². The van der Waals surface area contributed by atoms with Crippen LogP contribution in [0.25, 0.3) is 0 Å². The van der Waals surface area contributed by atoms with Crippen LogP contribution in [0.5, 0.6) is 5.75 Å². The normalized spacial score (nSPS) is 10.2. The van der Waals surface area contributed by atoms with E-state index in [1.165, 1.54) is 12.1 Å². The molecule has 0 aliphatic rings. The van der Waals surface area contributed by atoms with Gasteiger partial charge in [0.15, 0.2) is 0 Å². The lowest BCUT2D eigenvalue weighted by Gasteiger charge is -2.07. The predicted molar refractivity (Wildman–Crippen MR) is 79.8 cm³/mol. The van der Waals surface area contributed by atoms with Crippen LogP contribution in [0, 0.1) is 5.82 Å². The quantitative estimate of drug-likeness (QED) is 0.887. The molecule has 1 amide bonds. The predicted octanol–water partition coefficient (Wildman–Crippen LogP) is 2.74. The Morgan fingerprint density at radius 3 is 2.62 bits per heavy atom. The van der Waals surface area contributed by atoms with E-state index in [1.807, 2.05) is 24.3 Å². The molecule has 0 saturated heterocycles. The van der Waals surface area contributed by atoms with Crippen molar-refractivity contribution < 1.29 is 13.9 Å². The van der Waals surface area contributed by atoms with Crippen molar-refractivity contribution in [1.29, 1.82) is 0 Å². The molecule has 4 heteroatoms. The third-order valence-electron chi connectivity index (χ3n) is 3.15. The van der Waals surface area contributed by atoms with Crippen molar-refractivity contribution in [2.24, 2.45) is 0 Å². The third kappa shape index (κ3) is 4.91. The molecule has 2 aromatic carbocycles. The SMILES string of the molecule is COc1cccc(CCNC(=O)Cc2ccc(F)cc2)c1. The van der Waals surface area contributed by atoms with Gasteiger partial charge in [0.05, 0.1) is 13.5 Å². The van der Waals surface area contributed by atoms with Gasteiger partial charge >= 0.3 is 0 Å². The zero-order valence-corrected chi connectivity index (χ0v) is 11.9. The van der Waals surface area contributed by atoms with E-state index in [1.54, 1.807) is 19.2 Å². The smallest absolute Gasteiger partial charge is 0.224 e. The van der Waals surface area contributed by atoms with Crippen LogP contribution >= 0.6 is 0 Å². The Hall–Kier alpha value is -2.36. The van der Waals surface area contributed by atoms with Gasteiger partial charge in [-0.3, -0.25) is 4.79 Å². The standard InChI is InChI=1S/C17H18FNO2/c1-21-16-4-2-3-13(11-16)9-10-19-17(20)12-14-5-7-15(18)8-6-14/h2-8,11H,9-10,12H2,1H3,(H,19,20). The summed E-state index contributed by atoms with van der Waals surface area (Å²) in [6.07, 6.45) is 1.00. The molecule has 0 spiro atoms. The zero-order chi connectivity index (χ0) is 15.1. The first-order valence-corrected chi connectivity index (χ1v) is 6.81. The minimum absolute atomic E-state index is 0.0653. The molecule has 0 aromatic heterocycles. The third-order valence-corrected chi connectivity index (χ3v) is 3.15. The molecule has 0 saturated carbocycles. The molecule has 2 rings (SSSR count). The maximum absolute atomic E-state index is 12.8. The van der Waals surface area contributed by atoms with Gasteiger partial charge in [-0.25, -0.2) is 4.39 Å². The van der Waals surface area contributed by atoms with E-state index in [2.05, 4.69) is 5.32 Å². The average molecular weight is 287 g/mol. The van der Waals surface area contributed by atoms with Crippen molar-refractivity contribution in [1.82, 2.24) is 5.32 Å². The van der Waals surface area contributed by atoms with E-state index in [4.69, 9.17) is 4.74 Å². The van der Waals surface area contributed by atoms with Crippen molar-refractivity contribution in [2.45, 2.75) is 12.8 Å². The number of benzene rings is 2. The Bertz CT molecular complexity index is 596. The largest absolute Gasteiger partial charge is 0.497 e. The number of methoxy groups -OCH3 is 1. The zero-order valence-electron chi connectivity index (χ0n) is 11.9. The number of halogens is 1. The Morgan fingerprint density at radius 2 is 1.90 bits per heavy atom. The lowest BCUT2D eigenvalue weighted by Crippen LogP contribution is -2.27. The summed E-state index contributed by atoms with van der Waals surface area (Å²) < 4.78 is 17.9. The second-order valence-electron chi connectivity index (χ2n) is 4.75. The van der Waals surface area contributed by atoms with E-state index in [0.717, 1.165) is 23.3 Å². The van der Waals surface area contributed by atoms with Gasteiger partial charge in [-0.05, 0) is 41.8 Å². The Balaban J connectivity index is 1.77. The van der Waals surface area contributed by atoms with Gasteiger partial charge < -0.3 is 10.1 Å². The molecule has 0 aliphatic carbocycles. The molecule has 0 atom stereocenters. The molecule has 0 heterocycles. The van der Waals surface area contributed by atoms with Crippen molar-refractivity contribution in [3.8, 4) is 5.75 Å². The lowest BCUT2D eigenvalue weighted by molar-refractivity contribution is -0.120. The number of carbonyl (C=O) groups excluding carboxylic acids is 1.